The van der Waals surface area contributed by atoms with Crippen LogP contribution >= 0.6 is 0 Å². The Bertz CT molecular complexity index is 432. The van der Waals surface area contributed by atoms with Crippen molar-refractivity contribution in [2.75, 3.05) is 27.2 Å². The van der Waals surface area contributed by atoms with Gasteiger partial charge in [-0.1, -0.05) is 18.2 Å². The number of halogens is 1. The molecule has 0 aliphatic carbocycles. The van der Waals surface area contributed by atoms with Crippen molar-refractivity contribution < 1.29 is 13.9 Å². The molecule has 0 heterocycles. The van der Waals surface area contributed by atoms with Crippen LogP contribution in [0.1, 0.15) is 19.4 Å². The average Bonchev–Trinajstić information content (AvgIpc) is 2.36. The van der Waals surface area contributed by atoms with Gasteiger partial charge in [0.2, 0.25) is 0 Å². The first-order chi connectivity index (χ1) is 8.86. The molecule has 0 aliphatic heterocycles. The molecule has 0 amide bonds. The molecule has 0 bridgehead atoms. The SMILES string of the molecule is COC(=O)C(C)(C)CN(C)CCc1ccccc1F. The minimum atomic E-state index is -0.557. The number of hydrogen-bond donors (Lipinski definition) is 0. The Morgan fingerprint density at radius 2 is 2.00 bits per heavy atom. The van der Waals surface area contributed by atoms with Crippen molar-refractivity contribution in [2.24, 2.45) is 5.41 Å². The highest BCUT2D eigenvalue weighted by atomic mass is 19.1. The molecule has 0 N–H and O–H groups in total. The van der Waals surface area contributed by atoms with Crippen LogP contribution in [0.5, 0.6) is 0 Å². The molecule has 0 aromatic heterocycles. The van der Waals surface area contributed by atoms with Crippen molar-refractivity contribution in [2.45, 2.75) is 20.3 Å². The summed E-state index contributed by atoms with van der Waals surface area (Å²) < 4.78 is 18.2. The maximum absolute atomic E-state index is 13.5. The van der Waals surface area contributed by atoms with Gasteiger partial charge in [0.25, 0.3) is 0 Å². The molecule has 0 fully saturated rings. The van der Waals surface area contributed by atoms with Crippen molar-refractivity contribution in [1.29, 1.82) is 0 Å². The minimum absolute atomic E-state index is 0.178. The van der Waals surface area contributed by atoms with Gasteiger partial charge < -0.3 is 9.64 Å². The zero-order chi connectivity index (χ0) is 14.5. The zero-order valence-corrected chi connectivity index (χ0v) is 12.1. The summed E-state index contributed by atoms with van der Waals surface area (Å²) in [7, 11) is 3.31. The van der Waals surface area contributed by atoms with Crippen molar-refractivity contribution in [3.8, 4) is 0 Å². The molecule has 1 aromatic rings. The van der Waals surface area contributed by atoms with E-state index in [2.05, 4.69) is 0 Å². The van der Waals surface area contributed by atoms with Gasteiger partial charge >= 0.3 is 5.97 Å². The molecule has 3 nitrogen and oxygen atoms in total. The van der Waals surface area contributed by atoms with Crippen LogP contribution in [-0.4, -0.2) is 38.1 Å². The van der Waals surface area contributed by atoms with Gasteiger partial charge in [0.05, 0.1) is 12.5 Å². The normalized spacial score (nSPS) is 11.7. The first-order valence-electron chi connectivity index (χ1n) is 6.37. The predicted octanol–water partition coefficient (Wildman–Crippen LogP) is 2.50. The maximum atomic E-state index is 13.5. The van der Waals surface area contributed by atoms with Crippen molar-refractivity contribution in [3.05, 3.63) is 35.6 Å². The molecule has 0 saturated heterocycles. The fourth-order valence-corrected chi connectivity index (χ4v) is 2.11. The van der Waals surface area contributed by atoms with Crippen LogP contribution in [0.3, 0.4) is 0 Å². The summed E-state index contributed by atoms with van der Waals surface area (Å²) in [5, 5.41) is 0. The molecule has 1 rings (SSSR count). The highest BCUT2D eigenvalue weighted by Crippen LogP contribution is 2.18. The maximum Gasteiger partial charge on any atom is 0.312 e. The fourth-order valence-electron chi connectivity index (χ4n) is 2.11. The van der Waals surface area contributed by atoms with Gasteiger partial charge in [-0.15, -0.1) is 0 Å². The standard InChI is InChI=1S/C15H22FNO2/c1-15(2,14(18)19-4)11-17(3)10-9-12-7-5-6-8-13(12)16/h5-8H,9-11H2,1-4H3. The van der Waals surface area contributed by atoms with E-state index in [1.165, 1.54) is 13.2 Å². The largest absolute Gasteiger partial charge is 0.469 e. The van der Waals surface area contributed by atoms with Gasteiger partial charge in [0.1, 0.15) is 5.82 Å². The second-order valence-electron chi connectivity index (χ2n) is 5.45. The second kappa shape index (κ2) is 6.66. The summed E-state index contributed by atoms with van der Waals surface area (Å²) in [6.07, 6.45) is 0.625. The summed E-state index contributed by atoms with van der Waals surface area (Å²) in [4.78, 5) is 13.6. The number of carbonyl (C=O) groups is 1. The lowest BCUT2D eigenvalue weighted by atomic mass is 9.93. The van der Waals surface area contributed by atoms with Crippen LogP contribution in [0.15, 0.2) is 24.3 Å². The van der Waals surface area contributed by atoms with Crippen LogP contribution < -0.4 is 0 Å². The van der Waals surface area contributed by atoms with Gasteiger partial charge in [-0.2, -0.15) is 0 Å². The van der Waals surface area contributed by atoms with Gasteiger partial charge in [-0.25, -0.2) is 4.39 Å². The Labute approximate surface area is 114 Å². The van der Waals surface area contributed by atoms with Gasteiger partial charge in [0.15, 0.2) is 0 Å². The fraction of sp³-hybridized carbons (Fsp3) is 0.533. The summed E-state index contributed by atoms with van der Waals surface area (Å²) in [5.74, 6) is -0.409. The highest BCUT2D eigenvalue weighted by molar-refractivity contribution is 5.76. The third-order valence-corrected chi connectivity index (χ3v) is 3.12. The predicted molar refractivity (Wildman–Crippen MR) is 73.4 cm³/mol. The first-order valence-corrected chi connectivity index (χ1v) is 6.37. The number of rotatable bonds is 6. The van der Waals surface area contributed by atoms with Crippen LogP contribution in [0.25, 0.3) is 0 Å². The van der Waals surface area contributed by atoms with Crippen LogP contribution in [0, 0.1) is 11.2 Å². The minimum Gasteiger partial charge on any atom is -0.469 e. The van der Waals surface area contributed by atoms with Gasteiger partial charge in [0, 0.05) is 13.1 Å². The van der Waals surface area contributed by atoms with Crippen LogP contribution in [0.2, 0.25) is 0 Å². The molecule has 19 heavy (non-hydrogen) atoms. The summed E-state index contributed by atoms with van der Waals surface area (Å²) >= 11 is 0. The molecule has 0 aliphatic rings. The van der Waals surface area contributed by atoms with E-state index in [0.29, 0.717) is 25.1 Å². The molecule has 106 valence electrons. The van der Waals surface area contributed by atoms with Crippen LogP contribution in [-0.2, 0) is 16.0 Å². The Morgan fingerprint density at radius 1 is 1.37 bits per heavy atom. The van der Waals surface area contributed by atoms with Gasteiger partial charge in [-0.05, 0) is 38.9 Å². The van der Waals surface area contributed by atoms with E-state index < -0.39 is 5.41 Å². The van der Waals surface area contributed by atoms with E-state index in [9.17, 15) is 9.18 Å². The Hall–Kier alpha value is -1.42. The van der Waals surface area contributed by atoms with E-state index >= 15 is 0 Å². The smallest absolute Gasteiger partial charge is 0.312 e. The molecule has 4 heteroatoms. The molecular formula is C15H22FNO2. The summed E-state index contributed by atoms with van der Waals surface area (Å²) in [6, 6.07) is 6.77. The number of hydrogen-bond acceptors (Lipinski definition) is 3. The van der Waals surface area contributed by atoms with E-state index in [0.717, 1.165) is 0 Å². The van der Waals surface area contributed by atoms with E-state index in [-0.39, 0.29) is 11.8 Å². The molecular weight excluding hydrogens is 245 g/mol. The first kappa shape index (κ1) is 15.6. The number of methoxy groups -OCH3 is 1. The lowest BCUT2D eigenvalue weighted by Gasteiger charge is -2.27. The molecule has 0 unspecified atom stereocenters. The molecule has 0 saturated carbocycles. The van der Waals surface area contributed by atoms with E-state index in [1.807, 2.05) is 31.9 Å². The number of carbonyl (C=O) groups excluding carboxylic acids is 1. The highest BCUT2D eigenvalue weighted by Gasteiger charge is 2.29. The number of benzene rings is 1. The van der Waals surface area contributed by atoms with Crippen molar-refractivity contribution in [1.82, 2.24) is 4.90 Å². The molecule has 0 radical (unpaired) electrons. The quantitative estimate of drug-likeness (QED) is 0.742. The van der Waals surface area contributed by atoms with Crippen LogP contribution in [0.4, 0.5) is 4.39 Å². The van der Waals surface area contributed by atoms with Crippen molar-refractivity contribution >= 4 is 5.97 Å². The lowest BCUT2D eigenvalue weighted by molar-refractivity contribution is -0.151. The number of esters is 1. The Balaban J connectivity index is 2.50. The third kappa shape index (κ3) is 4.63. The average molecular weight is 267 g/mol. The van der Waals surface area contributed by atoms with E-state index in [4.69, 9.17) is 4.74 Å². The Morgan fingerprint density at radius 3 is 2.58 bits per heavy atom. The monoisotopic (exact) mass is 267 g/mol. The Kier molecular flexibility index (Phi) is 5.48. The van der Waals surface area contributed by atoms with Gasteiger partial charge in [-0.3, -0.25) is 4.79 Å². The number of likely N-dealkylation sites (N-methyl/N-ethyl adjacent to an activating group) is 1. The topological polar surface area (TPSA) is 29.5 Å². The summed E-state index contributed by atoms with van der Waals surface area (Å²) in [6.45, 7) is 4.96. The second-order valence-corrected chi connectivity index (χ2v) is 5.45. The number of nitrogens with zero attached hydrogens (tertiary/aromatic N) is 1. The molecule has 0 spiro atoms. The summed E-state index contributed by atoms with van der Waals surface area (Å²) in [5.41, 5.74) is 0.142. The molecule has 0 atom stereocenters. The van der Waals surface area contributed by atoms with Crippen molar-refractivity contribution in [3.63, 3.8) is 0 Å². The third-order valence-electron chi connectivity index (χ3n) is 3.12. The zero-order valence-electron chi connectivity index (χ0n) is 12.1. The molecule has 1 aromatic carbocycles. The van der Waals surface area contributed by atoms with E-state index in [1.54, 1.807) is 12.1 Å². The number of ether oxygens (including phenoxy) is 1. The lowest BCUT2D eigenvalue weighted by Crippen LogP contribution is -2.38.